The number of aryl methyl sites for hydroxylation is 1. The Balaban J connectivity index is 1.26. The molecule has 0 spiro atoms. The molecule has 0 aliphatic heterocycles. The third-order valence-electron chi connectivity index (χ3n) is 5.40. The maximum Gasteiger partial charge on any atom is 0.230 e. The summed E-state index contributed by atoms with van der Waals surface area (Å²) in [5, 5.41) is 16.6. The maximum atomic E-state index is 13.8. The van der Waals surface area contributed by atoms with Gasteiger partial charge in [-0.05, 0) is 36.6 Å². The maximum absolute atomic E-state index is 13.8. The monoisotopic (exact) mass is 422 g/mol. The van der Waals surface area contributed by atoms with Gasteiger partial charge in [-0.3, -0.25) is 9.48 Å². The lowest BCUT2D eigenvalue weighted by molar-refractivity contribution is -0.115. The molecule has 1 fully saturated rings. The first-order chi connectivity index (χ1) is 15.0. The molecule has 0 bridgehead atoms. The number of rotatable bonds is 6. The Morgan fingerprint density at radius 2 is 2.00 bits per heavy atom. The van der Waals surface area contributed by atoms with E-state index in [0.29, 0.717) is 5.92 Å². The Kier molecular flexibility index (Phi) is 4.72. The van der Waals surface area contributed by atoms with E-state index < -0.39 is 11.6 Å². The van der Waals surface area contributed by atoms with Gasteiger partial charge in [0.15, 0.2) is 5.82 Å². The molecule has 7 nitrogen and oxygen atoms in total. The number of benzene rings is 2. The zero-order valence-electron chi connectivity index (χ0n) is 16.8. The third-order valence-corrected chi connectivity index (χ3v) is 5.40. The summed E-state index contributed by atoms with van der Waals surface area (Å²) in [5.74, 6) is -0.741. The molecule has 0 unspecified atom stereocenters. The predicted octanol–water partition coefficient (Wildman–Crippen LogP) is 3.55. The third kappa shape index (κ3) is 4.03. The second kappa shape index (κ2) is 7.57. The highest BCUT2D eigenvalue weighted by molar-refractivity contribution is 5.92. The normalized spacial score (nSPS) is 13.6. The molecular formula is C22H20F2N6O. The van der Waals surface area contributed by atoms with Gasteiger partial charge in [-0.2, -0.15) is 15.0 Å². The number of nitrogens with one attached hydrogen (secondary N) is 1. The van der Waals surface area contributed by atoms with Gasteiger partial charge in [0.05, 0.1) is 30.4 Å². The summed E-state index contributed by atoms with van der Waals surface area (Å²) >= 11 is 0. The number of halogens is 2. The van der Waals surface area contributed by atoms with Gasteiger partial charge in [0.2, 0.25) is 5.91 Å². The minimum Gasteiger partial charge on any atom is -0.308 e. The van der Waals surface area contributed by atoms with E-state index in [1.165, 1.54) is 23.1 Å². The van der Waals surface area contributed by atoms with E-state index in [-0.39, 0.29) is 30.3 Å². The minimum absolute atomic E-state index is 0.0314. The Morgan fingerprint density at radius 1 is 1.16 bits per heavy atom. The van der Waals surface area contributed by atoms with Crippen molar-refractivity contribution in [2.45, 2.75) is 31.7 Å². The van der Waals surface area contributed by atoms with Crippen LogP contribution in [0.1, 0.15) is 35.6 Å². The van der Waals surface area contributed by atoms with Crippen molar-refractivity contribution in [2.24, 2.45) is 7.05 Å². The Hall–Kier alpha value is -3.62. The van der Waals surface area contributed by atoms with E-state index >= 15 is 0 Å². The van der Waals surface area contributed by atoms with Crippen LogP contribution < -0.4 is 5.32 Å². The standard InChI is InChI=1S/C22H20F2N6O/c1-29-19-7-2-13(8-17(19)22(28-29)14-3-4-14)9-21(31)26-20-11-25-30(27-20)12-15-5-6-16(23)10-18(15)24/h2,5-8,10-11,14H,3-4,9,12H2,1H3,(H,26,27,31). The van der Waals surface area contributed by atoms with Gasteiger partial charge < -0.3 is 5.32 Å². The average molecular weight is 422 g/mol. The van der Waals surface area contributed by atoms with Crippen molar-refractivity contribution in [3.8, 4) is 0 Å². The van der Waals surface area contributed by atoms with Crippen LogP contribution in [0.2, 0.25) is 0 Å². The van der Waals surface area contributed by atoms with E-state index in [0.717, 1.165) is 41.1 Å². The first kappa shape index (κ1) is 19.3. The van der Waals surface area contributed by atoms with Crippen LogP contribution >= 0.6 is 0 Å². The van der Waals surface area contributed by atoms with Crippen LogP contribution in [0.3, 0.4) is 0 Å². The number of anilines is 1. The SMILES string of the molecule is Cn1nc(C2CC2)c2cc(CC(=O)Nc3cnn(Cc4ccc(F)cc4F)n3)ccc21. The largest absolute Gasteiger partial charge is 0.308 e. The second-order valence-electron chi connectivity index (χ2n) is 7.86. The van der Waals surface area contributed by atoms with Crippen LogP contribution in [-0.4, -0.2) is 30.7 Å². The van der Waals surface area contributed by atoms with Crippen molar-refractivity contribution in [3.63, 3.8) is 0 Å². The van der Waals surface area contributed by atoms with Crippen molar-refractivity contribution < 1.29 is 13.6 Å². The Bertz CT molecular complexity index is 1290. The zero-order chi connectivity index (χ0) is 21.5. The molecule has 4 aromatic rings. The van der Waals surface area contributed by atoms with Gasteiger partial charge in [-0.15, -0.1) is 5.10 Å². The van der Waals surface area contributed by atoms with Crippen molar-refractivity contribution >= 4 is 22.6 Å². The molecule has 2 heterocycles. The summed E-state index contributed by atoms with van der Waals surface area (Å²) in [5.41, 5.74) is 3.31. The number of fused-ring (bicyclic) bond motifs is 1. The Labute approximate surface area is 176 Å². The number of nitrogens with zero attached hydrogens (tertiary/aromatic N) is 5. The number of hydrogen-bond acceptors (Lipinski definition) is 4. The fraction of sp³-hybridized carbons (Fsp3) is 0.273. The second-order valence-corrected chi connectivity index (χ2v) is 7.86. The molecule has 1 saturated carbocycles. The molecule has 31 heavy (non-hydrogen) atoms. The van der Waals surface area contributed by atoms with Gasteiger partial charge in [-0.25, -0.2) is 8.78 Å². The van der Waals surface area contributed by atoms with Crippen LogP contribution in [0.15, 0.2) is 42.6 Å². The smallest absolute Gasteiger partial charge is 0.230 e. The van der Waals surface area contributed by atoms with E-state index in [1.807, 2.05) is 29.9 Å². The summed E-state index contributed by atoms with van der Waals surface area (Å²) < 4.78 is 28.7. The number of aromatic nitrogens is 5. The van der Waals surface area contributed by atoms with E-state index in [1.54, 1.807) is 0 Å². The molecule has 1 aliphatic carbocycles. The zero-order valence-corrected chi connectivity index (χ0v) is 16.8. The first-order valence-corrected chi connectivity index (χ1v) is 10.1. The van der Waals surface area contributed by atoms with Crippen LogP contribution in [0.5, 0.6) is 0 Å². The fourth-order valence-electron chi connectivity index (χ4n) is 3.71. The molecule has 1 aliphatic rings. The molecular weight excluding hydrogens is 402 g/mol. The molecule has 5 rings (SSSR count). The highest BCUT2D eigenvalue weighted by Crippen LogP contribution is 2.42. The minimum atomic E-state index is -0.667. The first-order valence-electron chi connectivity index (χ1n) is 10.1. The number of carbonyl (C=O) groups excluding carboxylic acids is 1. The summed E-state index contributed by atoms with van der Waals surface area (Å²) in [7, 11) is 1.93. The molecule has 0 atom stereocenters. The molecule has 158 valence electrons. The molecule has 0 saturated heterocycles. The average Bonchev–Trinajstić information content (AvgIpc) is 3.40. The fourth-order valence-corrected chi connectivity index (χ4v) is 3.71. The van der Waals surface area contributed by atoms with Crippen molar-refractivity contribution in [1.29, 1.82) is 0 Å². The summed E-state index contributed by atoms with van der Waals surface area (Å²) in [4.78, 5) is 13.7. The highest BCUT2D eigenvalue weighted by atomic mass is 19.1. The topological polar surface area (TPSA) is 77.6 Å². The Morgan fingerprint density at radius 3 is 2.77 bits per heavy atom. The summed E-state index contributed by atoms with van der Waals surface area (Å²) in [6, 6.07) is 9.28. The van der Waals surface area contributed by atoms with Crippen LogP contribution in [0.25, 0.3) is 10.9 Å². The molecule has 1 N–H and O–H groups in total. The lowest BCUT2D eigenvalue weighted by Crippen LogP contribution is -2.15. The van der Waals surface area contributed by atoms with E-state index in [2.05, 4.69) is 20.6 Å². The number of hydrogen-bond donors (Lipinski definition) is 1. The molecule has 2 aromatic carbocycles. The predicted molar refractivity (Wildman–Crippen MR) is 111 cm³/mol. The molecule has 2 aromatic heterocycles. The lowest BCUT2D eigenvalue weighted by Gasteiger charge is -2.04. The molecule has 0 radical (unpaired) electrons. The van der Waals surface area contributed by atoms with E-state index in [4.69, 9.17) is 0 Å². The van der Waals surface area contributed by atoms with Gasteiger partial charge in [0.1, 0.15) is 11.6 Å². The van der Waals surface area contributed by atoms with Crippen molar-refractivity contribution in [1.82, 2.24) is 24.8 Å². The van der Waals surface area contributed by atoms with Gasteiger partial charge >= 0.3 is 0 Å². The quantitative estimate of drug-likeness (QED) is 0.516. The number of amides is 1. The van der Waals surface area contributed by atoms with Crippen molar-refractivity contribution in [3.05, 3.63) is 71.1 Å². The summed E-state index contributed by atoms with van der Waals surface area (Å²) in [6.07, 6.45) is 3.91. The summed E-state index contributed by atoms with van der Waals surface area (Å²) in [6.45, 7) is 0.0314. The van der Waals surface area contributed by atoms with Crippen molar-refractivity contribution in [2.75, 3.05) is 5.32 Å². The number of carbonyl (C=O) groups is 1. The van der Waals surface area contributed by atoms with Crippen LogP contribution in [0.4, 0.5) is 14.6 Å². The molecule has 1 amide bonds. The highest BCUT2D eigenvalue weighted by Gasteiger charge is 2.28. The van der Waals surface area contributed by atoms with Gasteiger partial charge in [-0.1, -0.05) is 12.1 Å². The van der Waals surface area contributed by atoms with Crippen LogP contribution in [-0.2, 0) is 24.8 Å². The lowest BCUT2D eigenvalue weighted by atomic mass is 10.1. The van der Waals surface area contributed by atoms with Crippen LogP contribution in [0, 0.1) is 11.6 Å². The van der Waals surface area contributed by atoms with Gasteiger partial charge in [0.25, 0.3) is 0 Å². The van der Waals surface area contributed by atoms with E-state index in [9.17, 15) is 13.6 Å². The molecule has 9 heteroatoms. The van der Waals surface area contributed by atoms with Gasteiger partial charge in [0, 0.05) is 30.0 Å².